The van der Waals surface area contributed by atoms with Crippen LogP contribution < -0.4 is 15.4 Å². The van der Waals surface area contributed by atoms with Gasteiger partial charge in [-0.15, -0.1) is 0 Å². The number of carbonyl (C=O) groups excluding carboxylic acids is 2. The number of hydrogen-bond donors (Lipinski definition) is 3. The van der Waals surface area contributed by atoms with Crippen LogP contribution in [0.1, 0.15) is 23.0 Å². The number of benzene rings is 3. The Morgan fingerprint density at radius 3 is 2.32 bits per heavy atom. The maximum Gasteiger partial charge on any atom is 0.411 e. The molecule has 1 aromatic heterocycles. The highest BCUT2D eigenvalue weighted by atomic mass is 32.2. The van der Waals surface area contributed by atoms with Crippen LogP contribution >= 0.6 is 0 Å². The van der Waals surface area contributed by atoms with Crippen LogP contribution in [0.15, 0.2) is 96.2 Å². The summed E-state index contributed by atoms with van der Waals surface area (Å²) >= 11 is 0. The van der Waals surface area contributed by atoms with Crippen LogP contribution in [0.3, 0.4) is 0 Å². The molecule has 1 heterocycles. The molecule has 0 spiro atoms. The normalized spacial score (nSPS) is 11.8. The van der Waals surface area contributed by atoms with E-state index in [0.717, 1.165) is 16.8 Å². The smallest absolute Gasteiger partial charge is 0.411 e. The van der Waals surface area contributed by atoms with Crippen molar-refractivity contribution in [3.8, 4) is 5.69 Å². The van der Waals surface area contributed by atoms with Crippen molar-refractivity contribution in [3.63, 3.8) is 0 Å². The van der Waals surface area contributed by atoms with E-state index in [2.05, 4.69) is 25.1 Å². The molecule has 0 unspecified atom stereocenters. The molecule has 38 heavy (non-hydrogen) atoms. The van der Waals surface area contributed by atoms with Gasteiger partial charge in [0.25, 0.3) is 10.0 Å². The van der Waals surface area contributed by atoms with Crippen molar-refractivity contribution in [2.24, 2.45) is 0 Å². The number of ether oxygens (including phenoxy) is 1. The van der Waals surface area contributed by atoms with Crippen molar-refractivity contribution >= 4 is 27.8 Å². The summed E-state index contributed by atoms with van der Waals surface area (Å²) < 4.78 is 34.0. The Balaban J connectivity index is 1.59. The largest absolute Gasteiger partial charge is 0.453 e. The van der Waals surface area contributed by atoms with Gasteiger partial charge < -0.3 is 14.6 Å². The average Bonchev–Trinajstić information content (AvgIpc) is 3.39. The molecule has 0 bridgehead atoms. The highest BCUT2D eigenvalue weighted by Gasteiger charge is 2.24. The van der Waals surface area contributed by atoms with E-state index in [1.165, 1.54) is 19.2 Å². The number of nitrogens with one attached hydrogen (secondary N) is 3. The first-order valence-electron chi connectivity index (χ1n) is 11.7. The van der Waals surface area contributed by atoms with Crippen LogP contribution in [0.25, 0.3) is 5.69 Å². The summed E-state index contributed by atoms with van der Waals surface area (Å²) in [5, 5.41) is 5.36. The van der Waals surface area contributed by atoms with Crippen LogP contribution in [0.4, 0.5) is 15.3 Å². The van der Waals surface area contributed by atoms with E-state index in [9.17, 15) is 18.0 Å². The molecular weight excluding hydrogens is 506 g/mol. The molecule has 0 aliphatic rings. The third kappa shape index (κ3) is 6.56. The molecule has 0 aliphatic heterocycles. The molecule has 3 amide bonds. The van der Waals surface area contributed by atoms with E-state index in [0.29, 0.717) is 17.9 Å². The van der Waals surface area contributed by atoms with Crippen molar-refractivity contribution in [2.75, 3.05) is 12.4 Å². The van der Waals surface area contributed by atoms with Gasteiger partial charge in [0.05, 0.1) is 18.0 Å². The molecule has 11 heteroatoms. The number of methoxy groups -OCH3 is 1. The van der Waals surface area contributed by atoms with E-state index in [4.69, 9.17) is 0 Å². The molecule has 3 aromatic carbocycles. The predicted molar refractivity (Wildman–Crippen MR) is 143 cm³/mol. The number of imidazole rings is 1. The Hall–Kier alpha value is -4.64. The van der Waals surface area contributed by atoms with Gasteiger partial charge in [-0.05, 0) is 55.3 Å². The van der Waals surface area contributed by atoms with Gasteiger partial charge in [-0.3, -0.25) is 5.32 Å². The topological polar surface area (TPSA) is 131 Å². The Morgan fingerprint density at radius 1 is 0.974 bits per heavy atom. The number of rotatable bonds is 8. The number of aromatic nitrogens is 2. The maximum atomic E-state index is 12.9. The van der Waals surface area contributed by atoms with Crippen molar-refractivity contribution in [2.45, 2.75) is 24.3 Å². The van der Waals surface area contributed by atoms with E-state index >= 15 is 0 Å². The number of nitrogens with zero attached hydrogens (tertiary/aromatic N) is 2. The first-order chi connectivity index (χ1) is 18.2. The van der Waals surface area contributed by atoms with Crippen LogP contribution in [-0.2, 0) is 21.2 Å². The standard InChI is InChI=1S/C27H27N5O5S/c1-19-8-14-23(15-9-19)38(35,36)31-26(33)30-24(18-20-6-4-3-5-7-20)25-28-16-17-32(25)22-12-10-21(11-13-22)29-27(34)37-2/h3-17,24H,18H2,1-2H3,(H,29,34)(H2,30,31,33)/t24-/m0/s1. The van der Waals surface area contributed by atoms with Gasteiger partial charge in [0.15, 0.2) is 0 Å². The second-order valence-corrected chi connectivity index (χ2v) is 10.1. The zero-order chi connectivity index (χ0) is 27.1. The summed E-state index contributed by atoms with van der Waals surface area (Å²) in [4.78, 5) is 28.9. The third-order valence-electron chi connectivity index (χ3n) is 5.70. The minimum absolute atomic E-state index is 0.0139. The highest BCUT2D eigenvalue weighted by molar-refractivity contribution is 7.90. The summed E-state index contributed by atoms with van der Waals surface area (Å²) in [6.45, 7) is 1.84. The lowest BCUT2D eigenvalue weighted by Crippen LogP contribution is -2.42. The van der Waals surface area contributed by atoms with Crippen LogP contribution in [-0.4, -0.2) is 37.2 Å². The summed E-state index contributed by atoms with van der Waals surface area (Å²) in [5.74, 6) is 0.491. The molecule has 10 nitrogen and oxygen atoms in total. The second kappa shape index (κ2) is 11.6. The number of carbonyl (C=O) groups is 2. The van der Waals surface area contributed by atoms with Crippen molar-refractivity contribution in [3.05, 3.63) is 108 Å². The number of sulfonamides is 1. The van der Waals surface area contributed by atoms with Crippen molar-refractivity contribution in [1.29, 1.82) is 0 Å². The van der Waals surface area contributed by atoms with E-state index < -0.39 is 28.2 Å². The first kappa shape index (κ1) is 26.4. The molecule has 3 N–H and O–H groups in total. The third-order valence-corrected chi connectivity index (χ3v) is 7.05. The zero-order valence-corrected chi connectivity index (χ0v) is 21.6. The second-order valence-electron chi connectivity index (χ2n) is 8.45. The number of anilines is 1. The molecule has 4 rings (SSSR count). The zero-order valence-electron chi connectivity index (χ0n) is 20.8. The van der Waals surface area contributed by atoms with Gasteiger partial charge in [0.1, 0.15) is 5.82 Å². The number of hydrogen-bond acceptors (Lipinski definition) is 6. The molecule has 4 aromatic rings. The lowest BCUT2D eigenvalue weighted by atomic mass is 10.1. The monoisotopic (exact) mass is 533 g/mol. The first-order valence-corrected chi connectivity index (χ1v) is 13.2. The Kier molecular flexibility index (Phi) is 8.07. The Labute approximate surface area is 220 Å². The fraction of sp³-hybridized carbons (Fsp3) is 0.148. The molecule has 1 atom stereocenters. The Morgan fingerprint density at radius 2 is 1.66 bits per heavy atom. The lowest BCUT2D eigenvalue weighted by molar-refractivity contribution is 0.187. The van der Waals surface area contributed by atoms with E-state index in [1.54, 1.807) is 53.4 Å². The molecule has 0 saturated carbocycles. The maximum absolute atomic E-state index is 12.9. The number of urea groups is 1. The summed E-state index contributed by atoms with van der Waals surface area (Å²) in [6, 6.07) is 21.1. The average molecular weight is 534 g/mol. The van der Waals surface area contributed by atoms with E-state index in [-0.39, 0.29) is 4.90 Å². The summed E-state index contributed by atoms with van der Waals surface area (Å²) in [6.07, 6.45) is 3.10. The SMILES string of the molecule is COC(=O)Nc1ccc(-n2ccnc2[C@H](Cc2ccccc2)NC(=O)NS(=O)(=O)c2ccc(C)cc2)cc1. The summed E-state index contributed by atoms with van der Waals surface area (Å²) in [7, 11) is -2.80. The molecule has 196 valence electrons. The summed E-state index contributed by atoms with van der Waals surface area (Å²) in [5.41, 5.74) is 3.09. The Bertz CT molecular complexity index is 1500. The van der Waals surface area contributed by atoms with Crippen LogP contribution in [0, 0.1) is 6.92 Å². The number of aryl methyl sites for hydroxylation is 1. The molecule has 0 fully saturated rings. The van der Waals surface area contributed by atoms with Gasteiger partial charge >= 0.3 is 12.1 Å². The lowest BCUT2D eigenvalue weighted by Gasteiger charge is -2.21. The van der Waals surface area contributed by atoms with Gasteiger partial charge in [-0.25, -0.2) is 27.7 Å². The molecule has 0 saturated heterocycles. The molecule has 0 aliphatic carbocycles. The minimum Gasteiger partial charge on any atom is -0.453 e. The van der Waals surface area contributed by atoms with Gasteiger partial charge in [-0.1, -0.05) is 48.0 Å². The fourth-order valence-electron chi connectivity index (χ4n) is 3.81. The molecular formula is C27H27N5O5S. The number of amides is 3. The van der Waals surface area contributed by atoms with Gasteiger partial charge in [0, 0.05) is 23.8 Å². The highest BCUT2D eigenvalue weighted by Crippen LogP contribution is 2.22. The van der Waals surface area contributed by atoms with Crippen LogP contribution in [0.2, 0.25) is 0 Å². The van der Waals surface area contributed by atoms with Gasteiger partial charge in [-0.2, -0.15) is 0 Å². The van der Waals surface area contributed by atoms with Gasteiger partial charge in [0.2, 0.25) is 0 Å². The van der Waals surface area contributed by atoms with Crippen LogP contribution in [0.5, 0.6) is 0 Å². The van der Waals surface area contributed by atoms with E-state index in [1.807, 2.05) is 37.3 Å². The quantitative estimate of drug-likeness (QED) is 0.309. The molecule has 0 radical (unpaired) electrons. The minimum atomic E-state index is -4.08. The van der Waals surface area contributed by atoms with Crippen molar-refractivity contribution in [1.82, 2.24) is 19.6 Å². The predicted octanol–water partition coefficient (Wildman–Crippen LogP) is 4.33. The van der Waals surface area contributed by atoms with Crippen molar-refractivity contribution < 1.29 is 22.7 Å². The fourth-order valence-corrected chi connectivity index (χ4v) is 4.72.